The van der Waals surface area contributed by atoms with E-state index in [0.717, 1.165) is 24.7 Å². The van der Waals surface area contributed by atoms with Gasteiger partial charge < -0.3 is 15.1 Å². The number of carbonyl (C=O) groups is 1. The molecule has 1 aromatic carbocycles. The third-order valence-corrected chi connectivity index (χ3v) is 8.51. The van der Waals surface area contributed by atoms with Gasteiger partial charge in [-0.15, -0.1) is 0 Å². The Hall–Kier alpha value is -3.21. The molecule has 4 aliphatic carbocycles. The molecule has 1 aromatic heterocycles. The molecule has 7 nitrogen and oxygen atoms in total. The molecule has 2 heterocycles. The van der Waals surface area contributed by atoms with Crippen LogP contribution in [-0.2, 0) is 0 Å². The number of nitrogens with one attached hydrogen (secondary N) is 1. The van der Waals surface area contributed by atoms with Crippen LogP contribution in [0.25, 0.3) is 4.85 Å². The third-order valence-electron chi connectivity index (χ3n) is 8.51. The second kappa shape index (κ2) is 7.93. The number of rotatable bonds is 4. The quantitative estimate of drug-likeness (QED) is 0.693. The summed E-state index contributed by atoms with van der Waals surface area (Å²) >= 11 is 0. The molecule has 3 atom stereocenters. The topological polar surface area (TPSA) is 65.7 Å². The van der Waals surface area contributed by atoms with Crippen molar-refractivity contribution in [1.29, 1.82) is 0 Å². The van der Waals surface area contributed by atoms with Crippen LogP contribution in [0.2, 0.25) is 0 Å². The summed E-state index contributed by atoms with van der Waals surface area (Å²) in [7, 11) is 0. The van der Waals surface area contributed by atoms with Gasteiger partial charge in [-0.05, 0) is 75.0 Å². The van der Waals surface area contributed by atoms with Gasteiger partial charge in [-0.3, -0.25) is 4.79 Å². The molecule has 1 aliphatic heterocycles. The summed E-state index contributed by atoms with van der Waals surface area (Å²) < 4.78 is 14.5. The largest absolute Gasteiger partial charge is 0.365 e. The molecule has 0 spiro atoms. The van der Waals surface area contributed by atoms with Gasteiger partial charge in [0.25, 0.3) is 5.91 Å². The second-order valence-corrected chi connectivity index (χ2v) is 10.6. The lowest BCUT2D eigenvalue weighted by atomic mass is 9.80. The molecule has 2 unspecified atom stereocenters. The molecular weight excluding hydrogens is 431 g/mol. The fraction of sp³-hybridized carbons (Fsp3) is 0.538. The first-order chi connectivity index (χ1) is 16.4. The maximum absolute atomic E-state index is 14.5. The summed E-state index contributed by atoms with van der Waals surface area (Å²) in [4.78, 5) is 29.7. The van der Waals surface area contributed by atoms with Crippen molar-refractivity contribution in [3.63, 3.8) is 0 Å². The van der Waals surface area contributed by atoms with Crippen molar-refractivity contribution in [3.05, 3.63) is 53.4 Å². The highest BCUT2D eigenvalue weighted by Gasteiger charge is 2.58. The van der Waals surface area contributed by atoms with E-state index in [1.165, 1.54) is 25.3 Å². The number of hydrogen-bond donors (Lipinski definition) is 1. The Morgan fingerprint density at radius 3 is 2.71 bits per heavy atom. The normalized spacial score (nSPS) is 31.6. The zero-order chi connectivity index (χ0) is 23.4. The molecule has 4 bridgehead atoms. The number of halogens is 1. The van der Waals surface area contributed by atoms with Crippen molar-refractivity contribution in [2.45, 2.75) is 50.6 Å². The summed E-state index contributed by atoms with van der Waals surface area (Å²) in [5.41, 5.74) is 1.20. The van der Waals surface area contributed by atoms with E-state index in [4.69, 9.17) is 6.57 Å². The monoisotopic (exact) mass is 460 g/mol. The van der Waals surface area contributed by atoms with E-state index < -0.39 is 0 Å². The second-order valence-electron chi connectivity index (χ2n) is 10.6. The van der Waals surface area contributed by atoms with E-state index in [2.05, 4.69) is 32.0 Å². The lowest BCUT2D eigenvalue weighted by Crippen LogP contribution is -2.53. The summed E-state index contributed by atoms with van der Waals surface area (Å²) in [5, 5.41) is 3.40. The molecule has 2 aromatic rings. The standard InChI is InChI=1S/C26H29FN6O/c1-16-15-32(23-4-3-20(28-2)12-21(23)27)7-8-33(16)25-29-6-5-22(30-25)24(34)31-26-13-17-9-18(14-26)11-19(26)10-17/h3-6,12,16-19H,7-11,13-15H2,1H3,(H,31,34)/t16-,17?,18?,19?,26?/m1/s1. The van der Waals surface area contributed by atoms with Crippen LogP contribution in [0, 0.1) is 30.1 Å². The van der Waals surface area contributed by atoms with Gasteiger partial charge >= 0.3 is 0 Å². The van der Waals surface area contributed by atoms with Gasteiger partial charge in [-0.1, -0.05) is 6.07 Å². The van der Waals surface area contributed by atoms with Gasteiger partial charge in [0.15, 0.2) is 5.69 Å². The minimum absolute atomic E-state index is 0.0262. The summed E-state index contributed by atoms with van der Waals surface area (Å²) in [6.45, 7) is 10.9. The first kappa shape index (κ1) is 21.3. The highest BCUT2D eigenvalue weighted by molar-refractivity contribution is 5.93. The van der Waals surface area contributed by atoms with Gasteiger partial charge in [-0.25, -0.2) is 19.2 Å². The number of benzene rings is 1. The number of hydrogen-bond acceptors (Lipinski definition) is 5. The molecule has 5 aliphatic rings. The van der Waals surface area contributed by atoms with Gasteiger partial charge in [0.1, 0.15) is 11.5 Å². The van der Waals surface area contributed by atoms with E-state index in [1.807, 2.05) is 4.90 Å². The predicted molar refractivity (Wildman–Crippen MR) is 127 cm³/mol. The minimum atomic E-state index is -0.377. The molecule has 5 fully saturated rings. The fourth-order valence-corrected chi connectivity index (χ4v) is 7.20. The first-order valence-corrected chi connectivity index (χ1v) is 12.3. The van der Waals surface area contributed by atoms with Gasteiger partial charge in [0.05, 0.1) is 12.3 Å². The third kappa shape index (κ3) is 3.49. The molecule has 34 heavy (non-hydrogen) atoms. The van der Waals surface area contributed by atoms with Crippen molar-refractivity contribution in [2.24, 2.45) is 17.8 Å². The predicted octanol–water partition coefficient (Wildman–Crippen LogP) is 4.19. The van der Waals surface area contributed by atoms with Gasteiger partial charge in [0.2, 0.25) is 5.95 Å². The number of carbonyl (C=O) groups excluding carboxylic acids is 1. The summed E-state index contributed by atoms with van der Waals surface area (Å²) in [6.07, 6.45) is 7.75. The maximum atomic E-state index is 14.5. The number of anilines is 2. The van der Waals surface area contributed by atoms with Crippen LogP contribution in [-0.4, -0.2) is 47.1 Å². The van der Waals surface area contributed by atoms with E-state index in [-0.39, 0.29) is 23.3 Å². The lowest BCUT2D eigenvalue weighted by molar-refractivity contribution is 0.0869. The Labute approximate surface area is 199 Å². The highest BCUT2D eigenvalue weighted by Crippen LogP contribution is 2.60. The summed E-state index contributed by atoms with van der Waals surface area (Å²) in [6, 6.07) is 6.34. The van der Waals surface area contributed by atoms with Crippen molar-refractivity contribution < 1.29 is 9.18 Å². The zero-order valence-corrected chi connectivity index (χ0v) is 19.4. The SMILES string of the molecule is [C-]#[N+]c1ccc(N2CCN(c3nccc(C(=O)NC45CC6CC(CC4C6)C5)n3)[C@H](C)C2)c(F)c1. The van der Waals surface area contributed by atoms with E-state index in [9.17, 15) is 9.18 Å². The van der Waals surface area contributed by atoms with Crippen LogP contribution in [0.15, 0.2) is 30.5 Å². The Balaban J connectivity index is 1.15. The molecule has 8 heteroatoms. The number of aromatic nitrogens is 2. The molecule has 1 saturated heterocycles. The molecule has 1 N–H and O–H groups in total. The molecule has 7 rings (SSSR count). The first-order valence-electron chi connectivity index (χ1n) is 12.3. The molecule has 4 saturated carbocycles. The van der Waals surface area contributed by atoms with Crippen molar-refractivity contribution in [3.8, 4) is 0 Å². The van der Waals surface area contributed by atoms with Gasteiger partial charge in [0, 0.05) is 37.4 Å². The lowest BCUT2D eigenvalue weighted by Gasteiger charge is -2.41. The Kier molecular flexibility index (Phi) is 4.98. The van der Waals surface area contributed by atoms with Crippen LogP contribution >= 0.6 is 0 Å². The van der Waals surface area contributed by atoms with Crippen LogP contribution in [0.1, 0.15) is 49.5 Å². The minimum Gasteiger partial charge on any atom is -0.365 e. The zero-order valence-electron chi connectivity index (χ0n) is 19.4. The smallest absolute Gasteiger partial charge is 0.270 e. The number of nitrogens with zero attached hydrogens (tertiary/aromatic N) is 5. The average Bonchev–Trinajstić information content (AvgIpc) is 3.21. The summed E-state index contributed by atoms with van der Waals surface area (Å²) in [5.74, 6) is 2.25. The highest BCUT2D eigenvalue weighted by atomic mass is 19.1. The van der Waals surface area contributed by atoms with Crippen molar-refractivity contribution >= 4 is 23.2 Å². The van der Waals surface area contributed by atoms with Crippen molar-refractivity contribution in [2.75, 3.05) is 29.4 Å². The molecule has 0 radical (unpaired) electrons. The van der Waals surface area contributed by atoms with Crippen LogP contribution in [0.5, 0.6) is 0 Å². The van der Waals surface area contributed by atoms with Crippen LogP contribution in [0.4, 0.5) is 21.7 Å². The fourth-order valence-electron chi connectivity index (χ4n) is 7.20. The van der Waals surface area contributed by atoms with E-state index in [1.54, 1.807) is 24.4 Å². The maximum Gasteiger partial charge on any atom is 0.270 e. The van der Waals surface area contributed by atoms with E-state index >= 15 is 0 Å². The van der Waals surface area contributed by atoms with E-state index in [0.29, 0.717) is 48.6 Å². The number of amides is 1. The molecular formula is C26H29FN6O. The Morgan fingerprint density at radius 2 is 2.00 bits per heavy atom. The van der Waals surface area contributed by atoms with Gasteiger partial charge in [-0.2, -0.15) is 0 Å². The van der Waals surface area contributed by atoms with Crippen molar-refractivity contribution in [1.82, 2.24) is 15.3 Å². The number of piperazine rings is 1. The van der Waals surface area contributed by atoms with Crippen LogP contribution < -0.4 is 15.1 Å². The Morgan fingerprint density at radius 1 is 1.21 bits per heavy atom. The molecule has 1 amide bonds. The Bertz CT molecular complexity index is 1160. The molecule has 176 valence electrons. The average molecular weight is 461 g/mol. The van der Waals surface area contributed by atoms with Crippen LogP contribution in [0.3, 0.4) is 0 Å².